The van der Waals surface area contributed by atoms with Gasteiger partial charge in [0.1, 0.15) is 0 Å². The molecule has 1 unspecified atom stereocenters. The largest absolute Gasteiger partial charge is 0.397 e. The minimum Gasteiger partial charge on any atom is -0.397 e. The van der Waals surface area contributed by atoms with Crippen molar-refractivity contribution in [2.24, 2.45) is 0 Å². The second-order valence-corrected chi connectivity index (χ2v) is 5.43. The van der Waals surface area contributed by atoms with E-state index < -0.39 is 11.6 Å². The van der Waals surface area contributed by atoms with Crippen molar-refractivity contribution in [1.29, 1.82) is 0 Å². The number of halogens is 2. The minimum atomic E-state index is -0.824. The fourth-order valence-electron chi connectivity index (χ4n) is 3.24. The number of hydrogen-bond acceptors (Lipinski definition) is 3. The van der Waals surface area contributed by atoms with E-state index in [0.717, 1.165) is 32.1 Å². The van der Waals surface area contributed by atoms with Crippen LogP contribution in [-0.2, 0) is 0 Å². The lowest BCUT2D eigenvalue weighted by Crippen LogP contribution is -2.55. The third-order valence-electron chi connectivity index (χ3n) is 4.25. The summed E-state index contributed by atoms with van der Waals surface area (Å²) in [5, 5.41) is 0. The van der Waals surface area contributed by atoms with Gasteiger partial charge in [0, 0.05) is 25.7 Å². The van der Waals surface area contributed by atoms with Crippen LogP contribution in [0, 0.1) is 11.6 Å². The number of nitrogens with zero attached hydrogens (tertiary/aromatic N) is 2. The van der Waals surface area contributed by atoms with E-state index in [9.17, 15) is 8.78 Å². The summed E-state index contributed by atoms with van der Waals surface area (Å²) in [6.07, 6.45) is 3.59. The van der Waals surface area contributed by atoms with Crippen molar-refractivity contribution in [1.82, 2.24) is 4.90 Å². The number of nitrogens with two attached hydrogens (primary N) is 1. The van der Waals surface area contributed by atoms with Gasteiger partial charge in [-0.05, 0) is 31.5 Å². The predicted molar refractivity (Wildman–Crippen MR) is 72.2 cm³/mol. The summed E-state index contributed by atoms with van der Waals surface area (Å²) in [6, 6.07) is 2.98. The third-order valence-corrected chi connectivity index (χ3v) is 4.25. The van der Waals surface area contributed by atoms with Crippen LogP contribution >= 0.6 is 0 Å². The summed E-state index contributed by atoms with van der Waals surface area (Å²) in [7, 11) is 0. The van der Waals surface area contributed by atoms with Crippen LogP contribution in [0.3, 0.4) is 0 Å². The molecule has 3 rings (SSSR count). The standard InChI is InChI=1S/C14H19F2N3/c15-11-4-5-12(17)14(13(11)16)19-8-7-18-6-2-1-3-10(18)9-19/h4-5,10H,1-3,6-9,17H2. The lowest BCUT2D eigenvalue weighted by Gasteiger charge is -2.45. The lowest BCUT2D eigenvalue weighted by molar-refractivity contribution is 0.133. The molecule has 2 saturated heterocycles. The van der Waals surface area contributed by atoms with Gasteiger partial charge < -0.3 is 10.6 Å². The van der Waals surface area contributed by atoms with E-state index in [1.54, 1.807) is 0 Å². The molecule has 0 radical (unpaired) electrons. The zero-order valence-corrected chi connectivity index (χ0v) is 10.9. The number of piperidine rings is 1. The molecule has 2 heterocycles. The summed E-state index contributed by atoms with van der Waals surface area (Å²) in [5.41, 5.74) is 6.39. The average molecular weight is 267 g/mol. The maximum atomic E-state index is 14.0. The smallest absolute Gasteiger partial charge is 0.184 e. The molecule has 2 aliphatic heterocycles. The van der Waals surface area contributed by atoms with Crippen LogP contribution in [0.15, 0.2) is 12.1 Å². The number of rotatable bonds is 1. The van der Waals surface area contributed by atoms with Crippen LogP contribution < -0.4 is 10.6 Å². The normalized spacial score (nSPS) is 24.3. The van der Waals surface area contributed by atoms with Crippen molar-refractivity contribution in [2.75, 3.05) is 36.8 Å². The van der Waals surface area contributed by atoms with Crippen LogP contribution in [0.1, 0.15) is 19.3 Å². The van der Waals surface area contributed by atoms with E-state index in [4.69, 9.17) is 5.73 Å². The van der Waals surface area contributed by atoms with Gasteiger partial charge >= 0.3 is 0 Å². The summed E-state index contributed by atoms with van der Waals surface area (Å²) < 4.78 is 27.3. The molecule has 19 heavy (non-hydrogen) atoms. The first-order valence-corrected chi connectivity index (χ1v) is 6.89. The first-order valence-electron chi connectivity index (χ1n) is 6.89. The average Bonchev–Trinajstić information content (AvgIpc) is 2.43. The van der Waals surface area contributed by atoms with Gasteiger partial charge in [-0.15, -0.1) is 0 Å². The highest BCUT2D eigenvalue weighted by Crippen LogP contribution is 2.32. The van der Waals surface area contributed by atoms with E-state index in [2.05, 4.69) is 4.90 Å². The fourth-order valence-corrected chi connectivity index (χ4v) is 3.24. The van der Waals surface area contributed by atoms with Gasteiger partial charge in [0.15, 0.2) is 11.6 Å². The maximum Gasteiger partial charge on any atom is 0.184 e. The molecule has 5 heteroatoms. The first kappa shape index (κ1) is 12.7. The van der Waals surface area contributed by atoms with Gasteiger partial charge in [-0.2, -0.15) is 0 Å². The van der Waals surface area contributed by atoms with Crippen LogP contribution in [0.25, 0.3) is 0 Å². The predicted octanol–water partition coefficient (Wildman–Crippen LogP) is 2.22. The molecule has 0 aromatic heterocycles. The van der Waals surface area contributed by atoms with Crippen molar-refractivity contribution >= 4 is 11.4 Å². The lowest BCUT2D eigenvalue weighted by atomic mass is 9.99. The Bertz CT molecular complexity index is 478. The van der Waals surface area contributed by atoms with Gasteiger partial charge in [-0.1, -0.05) is 6.42 Å². The number of nitrogen functional groups attached to an aromatic ring is 1. The van der Waals surface area contributed by atoms with E-state index in [0.29, 0.717) is 18.3 Å². The van der Waals surface area contributed by atoms with E-state index in [1.165, 1.54) is 18.9 Å². The molecule has 1 aromatic carbocycles. The summed E-state index contributed by atoms with van der Waals surface area (Å²) in [4.78, 5) is 4.35. The van der Waals surface area contributed by atoms with Crippen LogP contribution in [-0.4, -0.2) is 37.1 Å². The summed E-state index contributed by atoms with van der Waals surface area (Å²) in [5.74, 6) is -1.64. The molecular weight excluding hydrogens is 248 g/mol. The number of fused-ring (bicyclic) bond motifs is 1. The van der Waals surface area contributed by atoms with E-state index >= 15 is 0 Å². The molecule has 1 atom stereocenters. The zero-order chi connectivity index (χ0) is 13.4. The van der Waals surface area contributed by atoms with Gasteiger partial charge in [0.2, 0.25) is 0 Å². The molecule has 0 saturated carbocycles. The Hall–Kier alpha value is -1.36. The van der Waals surface area contributed by atoms with Crippen LogP contribution in [0.5, 0.6) is 0 Å². The second kappa shape index (κ2) is 4.96. The Morgan fingerprint density at radius 1 is 1.11 bits per heavy atom. The molecule has 3 nitrogen and oxygen atoms in total. The SMILES string of the molecule is Nc1ccc(F)c(F)c1N1CCN2CCCCC2C1. The monoisotopic (exact) mass is 267 g/mol. The van der Waals surface area contributed by atoms with Crippen molar-refractivity contribution in [3.05, 3.63) is 23.8 Å². The van der Waals surface area contributed by atoms with E-state index in [-0.39, 0.29) is 5.69 Å². The van der Waals surface area contributed by atoms with Gasteiger partial charge in [-0.25, -0.2) is 8.78 Å². The molecule has 2 fully saturated rings. The highest BCUT2D eigenvalue weighted by molar-refractivity contribution is 5.68. The third kappa shape index (κ3) is 2.27. The van der Waals surface area contributed by atoms with Gasteiger partial charge in [0.25, 0.3) is 0 Å². The molecule has 2 aliphatic rings. The quantitative estimate of drug-likeness (QED) is 0.792. The van der Waals surface area contributed by atoms with E-state index in [1.807, 2.05) is 4.90 Å². The topological polar surface area (TPSA) is 32.5 Å². The minimum absolute atomic E-state index is 0.241. The highest BCUT2D eigenvalue weighted by atomic mass is 19.2. The van der Waals surface area contributed by atoms with Gasteiger partial charge in [0.05, 0.1) is 11.4 Å². The number of piperazine rings is 1. The first-order chi connectivity index (χ1) is 9.16. The van der Waals surface area contributed by atoms with Gasteiger partial charge in [-0.3, -0.25) is 4.90 Å². The Morgan fingerprint density at radius 2 is 1.95 bits per heavy atom. The number of hydrogen-bond donors (Lipinski definition) is 1. The molecule has 0 bridgehead atoms. The van der Waals surface area contributed by atoms with Crippen molar-refractivity contribution in [2.45, 2.75) is 25.3 Å². The molecule has 104 valence electrons. The van der Waals surface area contributed by atoms with Crippen LogP contribution in [0.4, 0.5) is 20.2 Å². The second-order valence-electron chi connectivity index (χ2n) is 5.43. The Morgan fingerprint density at radius 3 is 2.79 bits per heavy atom. The Labute approximate surface area is 112 Å². The fraction of sp³-hybridized carbons (Fsp3) is 0.571. The molecule has 2 N–H and O–H groups in total. The zero-order valence-electron chi connectivity index (χ0n) is 10.9. The van der Waals surface area contributed by atoms with Crippen molar-refractivity contribution in [3.8, 4) is 0 Å². The van der Waals surface area contributed by atoms with Crippen LogP contribution in [0.2, 0.25) is 0 Å². The number of benzene rings is 1. The molecule has 0 spiro atoms. The summed E-state index contributed by atoms with van der Waals surface area (Å²) in [6.45, 7) is 3.48. The molecular formula is C14H19F2N3. The van der Waals surface area contributed by atoms with Crippen molar-refractivity contribution in [3.63, 3.8) is 0 Å². The molecule has 0 aliphatic carbocycles. The molecule has 1 aromatic rings. The maximum absolute atomic E-state index is 14.0. The van der Waals surface area contributed by atoms with Crippen molar-refractivity contribution < 1.29 is 8.78 Å². The highest BCUT2D eigenvalue weighted by Gasteiger charge is 2.31. The molecule has 0 amide bonds. The number of anilines is 2. The Balaban J connectivity index is 1.85. The Kier molecular flexibility index (Phi) is 3.31. The summed E-state index contributed by atoms with van der Waals surface area (Å²) >= 11 is 0.